The SMILES string of the molecule is CCNC(=NCC(OC)C(C)(C)C)NCCOCC.I. The van der Waals surface area contributed by atoms with E-state index in [0.717, 1.165) is 25.7 Å². The molecular weight excluding hydrogens is 369 g/mol. The zero-order chi connectivity index (χ0) is 14.7. The molecule has 0 aromatic carbocycles. The van der Waals surface area contributed by atoms with Crippen LogP contribution in [-0.4, -0.2) is 52.0 Å². The minimum absolute atomic E-state index is 0. The number of nitrogens with zero attached hydrogens (tertiary/aromatic N) is 1. The van der Waals surface area contributed by atoms with Crippen LogP contribution in [0.1, 0.15) is 34.6 Å². The van der Waals surface area contributed by atoms with Gasteiger partial charge in [-0.3, -0.25) is 4.99 Å². The Morgan fingerprint density at radius 3 is 2.30 bits per heavy atom. The van der Waals surface area contributed by atoms with Gasteiger partial charge in [-0.2, -0.15) is 0 Å². The van der Waals surface area contributed by atoms with Crippen molar-refractivity contribution in [2.45, 2.75) is 40.7 Å². The summed E-state index contributed by atoms with van der Waals surface area (Å²) in [5.41, 5.74) is 0.0842. The number of halogens is 1. The van der Waals surface area contributed by atoms with E-state index < -0.39 is 0 Å². The van der Waals surface area contributed by atoms with Crippen LogP contribution in [0.25, 0.3) is 0 Å². The zero-order valence-corrected chi connectivity index (χ0v) is 16.1. The van der Waals surface area contributed by atoms with Crippen LogP contribution in [0.5, 0.6) is 0 Å². The Hall–Kier alpha value is -0.0800. The molecular formula is C14H32IN3O2. The van der Waals surface area contributed by atoms with E-state index in [-0.39, 0.29) is 35.5 Å². The molecule has 0 radical (unpaired) electrons. The summed E-state index contributed by atoms with van der Waals surface area (Å²) in [7, 11) is 1.74. The van der Waals surface area contributed by atoms with E-state index >= 15 is 0 Å². The molecule has 5 nitrogen and oxygen atoms in total. The number of guanidine groups is 1. The first-order chi connectivity index (χ1) is 8.95. The third-order valence-electron chi connectivity index (χ3n) is 2.75. The molecule has 0 aromatic rings. The molecule has 0 aliphatic rings. The molecule has 0 fully saturated rings. The van der Waals surface area contributed by atoms with Gasteiger partial charge in [0.2, 0.25) is 0 Å². The summed E-state index contributed by atoms with van der Waals surface area (Å²) in [6.07, 6.45) is 0.106. The molecule has 0 saturated heterocycles. The van der Waals surface area contributed by atoms with E-state index in [4.69, 9.17) is 9.47 Å². The molecule has 0 aliphatic carbocycles. The van der Waals surface area contributed by atoms with Crippen LogP contribution in [0.15, 0.2) is 4.99 Å². The van der Waals surface area contributed by atoms with Crippen LogP contribution in [-0.2, 0) is 9.47 Å². The number of ether oxygens (including phenoxy) is 2. The van der Waals surface area contributed by atoms with Crippen LogP contribution in [0.3, 0.4) is 0 Å². The second-order valence-electron chi connectivity index (χ2n) is 5.43. The van der Waals surface area contributed by atoms with Crippen LogP contribution in [0.4, 0.5) is 0 Å². The highest BCUT2D eigenvalue weighted by atomic mass is 127. The topological polar surface area (TPSA) is 54.9 Å². The fourth-order valence-electron chi connectivity index (χ4n) is 1.60. The quantitative estimate of drug-likeness (QED) is 0.284. The lowest BCUT2D eigenvalue weighted by atomic mass is 9.89. The highest BCUT2D eigenvalue weighted by molar-refractivity contribution is 14.0. The zero-order valence-electron chi connectivity index (χ0n) is 13.8. The lowest BCUT2D eigenvalue weighted by Crippen LogP contribution is -2.40. The number of methoxy groups -OCH3 is 1. The maximum absolute atomic E-state index is 5.50. The second-order valence-corrected chi connectivity index (χ2v) is 5.43. The Labute approximate surface area is 141 Å². The number of aliphatic imine (C=N–C) groups is 1. The standard InChI is InChI=1S/C14H31N3O2.HI/c1-7-15-13(16-9-10-19-8-2)17-11-12(18-6)14(3,4)5;/h12H,7-11H2,1-6H3,(H2,15,16,17);1H. The van der Waals surface area contributed by atoms with Crippen LogP contribution in [0, 0.1) is 5.41 Å². The molecule has 0 bridgehead atoms. The molecule has 6 heteroatoms. The van der Waals surface area contributed by atoms with Crippen molar-refractivity contribution < 1.29 is 9.47 Å². The number of hydrogen-bond acceptors (Lipinski definition) is 3. The summed E-state index contributed by atoms with van der Waals surface area (Å²) >= 11 is 0. The fourth-order valence-corrected chi connectivity index (χ4v) is 1.60. The van der Waals surface area contributed by atoms with Gasteiger partial charge in [0.05, 0.1) is 19.3 Å². The largest absolute Gasteiger partial charge is 0.380 e. The monoisotopic (exact) mass is 401 g/mol. The molecule has 20 heavy (non-hydrogen) atoms. The summed E-state index contributed by atoms with van der Waals surface area (Å²) in [5.74, 6) is 0.813. The lowest BCUT2D eigenvalue weighted by molar-refractivity contribution is 0.0241. The minimum atomic E-state index is 0. The third-order valence-corrected chi connectivity index (χ3v) is 2.75. The van der Waals surface area contributed by atoms with Gasteiger partial charge in [0.25, 0.3) is 0 Å². The predicted octanol–water partition coefficient (Wildman–Crippen LogP) is 2.26. The van der Waals surface area contributed by atoms with E-state index in [1.165, 1.54) is 0 Å². The Morgan fingerprint density at radius 2 is 1.85 bits per heavy atom. The number of nitrogens with one attached hydrogen (secondary N) is 2. The maximum atomic E-state index is 5.50. The van der Waals surface area contributed by atoms with Gasteiger partial charge in [0.15, 0.2) is 5.96 Å². The summed E-state index contributed by atoms with van der Waals surface area (Å²) in [6, 6.07) is 0. The first kappa shape index (κ1) is 22.2. The molecule has 0 spiro atoms. The van der Waals surface area contributed by atoms with E-state index in [1.807, 2.05) is 6.92 Å². The van der Waals surface area contributed by atoms with Gasteiger partial charge in [0, 0.05) is 26.8 Å². The fraction of sp³-hybridized carbons (Fsp3) is 0.929. The molecule has 2 N–H and O–H groups in total. The van der Waals surface area contributed by atoms with E-state index in [1.54, 1.807) is 7.11 Å². The van der Waals surface area contributed by atoms with Crippen LogP contribution < -0.4 is 10.6 Å². The van der Waals surface area contributed by atoms with Crippen molar-refractivity contribution in [2.24, 2.45) is 10.4 Å². The van der Waals surface area contributed by atoms with Gasteiger partial charge in [0.1, 0.15) is 0 Å². The molecule has 1 unspecified atom stereocenters. The smallest absolute Gasteiger partial charge is 0.191 e. The molecule has 0 heterocycles. The van der Waals surface area contributed by atoms with Crippen LogP contribution in [0.2, 0.25) is 0 Å². The third kappa shape index (κ3) is 10.7. The van der Waals surface area contributed by atoms with Crippen molar-refractivity contribution in [1.29, 1.82) is 0 Å². The summed E-state index contributed by atoms with van der Waals surface area (Å²) in [6.45, 7) is 14.2. The predicted molar refractivity (Wildman–Crippen MR) is 96.1 cm³/mol. The highest BCUT2D eigenvalue weighted by Crippen LogP contribution is 2.21. The summed E-state index contributed by atoms with van der Waals surface area (Å²) < 4.78 is 10.8. The van der Waals surface area contributed by atoms with Gasteiger partial charge in [-0.15, -0.1) is 24.0 Å². The Morgan fingerprint density at radius 1 is 1.20 bits per heavy atom. The van der Waals surface area contributed by atoms with Gasteiger partial charge in [-0.1, -0.05) is 20.8 Å². The highest BCUT2D eigenvalue weighted by Gasteiger charge is 2.23. The molecule has 0 rings (SSSR count). The van der Waals surface area contributed by atoms with Gasteiger partial charge >= 0.3 is 0 Å². The molecule has 1 atom stereocenters. The normalized spacial score (nSPS) is 13.6. The molecule has 0 aliphatic heterocycles. The average Bonchev–Trinajstić information content (AvgIpc) is 2.33. The Kier molecular flexibility index (Phi) is 14.0. The van der Waals surface area contributed by atoms with Crippen molar-refractivity contribution in [1.82, 2.24) is 10.6 Å². The minimum Gasteiger partial charge on any atom is -0.380 e. The summed E-state index contributed by atoms with van der Waals surface area (Å²) in [5, 5.41) is 6.46. The van der Waals surface area contributed by atoms with Gasteiger partial charge in [-0.05, 0) is 19.3 Å². The first-order valence-corrected chi connectivity index (χ1v) is 7.08. The van der Waals surface area contributed by atoms with E-state index in [9.17, 15) is 0 Å². The Balaban J connectivity index is 0. The Bertz CT molecular complexity index is 255. The van der Waals surface area contributed by atoms with Crippen molar-refractivity contribution in [2.75, 3.05) is 40.0 Å². The van der Waals surface area contributed by atoms with E-state index in [0.29, 0.717) is 13.2 Å². The molecule has 0 saturated carbocycles. The first-order valence-electron chi connectivity index (χ1n) is 7.08. The van der Waals surface area contributed by atoms with Gasteiger partial charge < -0.3 is 20.1 Å². The number of rotatable bonds is 8. The molecule has 122 valence electrons. The average molecular weight is 401 g/mol. The van der Waals surface area contributed by atoms with E-state index in [2.05, 4.69) is 43.3 Å². The molecule has 0 aromatic heterocycles. The van der Waals surface area contributed by atoms with Crippen molar-refractivity contribution in [3.8, 4) is 0 Å². The maximum Gasteiger partial charge on any atom is 0.191 e. The second kappa shape index (κ2) is 12.6. The van der Waals surface area contributed by atoms with Crippen molar-refractivity contribution in [3.63, 3.8) is 0 Å². The molecule has 0 amide bonds. The summed E-state index contributed by atoms with van der Waals surface area (Å²) in [4.78, 5) is 4.56. The van der Waals surface area contributed by atoms with Crippen molar-refractivity contribution >= 4 is 29.9 Å². The number of hydrogen-bond donors (Lipinski definition) is 2. The van der Waals surface area contributed by atoms with Gasteiger partial charge in [-0.25, -0.2) is 0 Å². The lowest BCUT2D eigenvalue weighted by Gasteiger charge is -2.28. The van der Waals surface area contributed by atoms with Crippen molar-refractivity contribution in [3.05, 3.63) is 0 Å². The van der Waals surface area contributed by atoms with Crippen LogP contribution >= 0.6 is 24.0 Å².